The molecule has 106 valence electrons. The quantitative estimate of drug-likeness (QED) is 0.580. The van der Waals surface area contributed by atoms with Crippen molar-refractivity contribution >= 4 is 5.69 Å². The van der Waals surface area contributed by atoms with E-state index in [0.29, 0.717) is 0 Å². The highest BCUT2D eigenvalue weighted by Gasteiger charge is 2.08. The number of nitrogens with zero attached hydrogens (tertiary/aromatic N) is 2. The summed E-state index contributed by atoms with van der Waals surface area (Å²) in [5, 5.41) is 14.0. The van der Waals surface area contributed by atoms with Crippen LogP contribution in [0.3, 0.4) is 0 Å². The molecule has 1 atom stereocenters. The maximum absolute atomic E-state index is 10.6. The first-order valence-electron chi connectivity index (χ1n) is 6.78. The minimum Gasteiger partial charge on any atom is -0.309 e. The van der Waals surface area contributed by atoms with Crippen LogP contribution in [0.1, 0.15) is 32.4 Å². The van der Waals surface area contributed by atoms with Crippen molar-refractivity contribution in [2.45, 2.75) is 26.8 Å². The summed E-state index contributed by atoms with van der Waals surface area (Å²) >= 11 is 0. The lowest BCUT2D eigenvalue weighted by molar-refractivity contribution is -0.384. The van der Waals surface area contributed by atoms with E-state index in [1.54, 1.807) is 12.1 Å². The van der Waals surface area contributed by atoms with Gasteiger partial charge in [0.2, 0.25) is 0 Å². The third-order valence-corrected chi connectivity index (χ3v) is 3.38. The molecule has 1 aromatic rings. The van der Waals surface area contributed by atoms with Gasteiger partial charge in [-0.2, -0.15) is 0 Å². The van der Waals surface area contributed by atoms with Gasteiger partial charge in [0.15, 0.2) is 0 Å². The van der Waals surface area contributed by atoms with Crippen molar-refractivity contribution in [3.05, 3.63) is 39.9 Å². The summed E-state index contributed by atoms with van der Waals surface area (Å²) in [6, 6.07) is 6.94. The van der Waals surface area contributed by atoms with Gasteiger partial charge < -0.3 is 10.2 Å². The molecule has 5 heteroatoms. The summed E-state index contributed by atoms with van der Waals surface area (Å²) in [6.45, 7) is 10.4. The molecule has 19 heavy (non-hydrogen) atoms. The molecule has 0 fully saturated rings. The van der Waals surface area contributed by atoms with Crippen molar-refractivity contribution < 1.29 is 4.92 Å². The molecule has 0 aliphatic carbocycles. The summed E-state index contributed by atoms with van der Waals surface area (Å²) < 4.78 is 0. The fourth-order valence-electron chi connectivity index (χ4n) is 1.98. The predicted molar refractivity (Wildman–Crippen MR) is 77.3 cm³/mol. The van der Waals surface area contributed by atoms with Crippen molar-refractivity contribution in [3.63, 3.8) is 0 Å². The lowest BCUT2D eigenvalue weighted by atomic mass is 10.1. The number of rotatable bonds is 8. The van der Waals surface area contributed by atoms with E-state index in [4.69, 9.17) is 0 Å². The van der Waals surface area contributed by atoms with Gasteiger partial charge in [-0.3, -0.25) is 10.1 Å². The fourth-order valence-corrected chi connectivity index (χ4v) is 1.98. The Hall–Kier alpha value is -1.46. The number of non-ortho nitro benzene ring substituents is 1. The molecule has 0 saturated carbocycles. The van der Waals surface area contributed by atoms with E-state index in [2.05, 4.69) is 31.0 Å². The van der Waals surface area contributed by atoms with Crippen molar-refractivity contribution in [1.29, 1.82) is 0 Å². The average molecular weight is 265 g/mol. The topological polar surface area (TPSA) is 58.4 Å². The minimum atomic E-state index is -0.373. The van der Waals surface area contributed by atoms with Crippen LogP contribution in [0.15, 0.2) is 24.3 Å². The molecule has 0 aliphatic heterocycles. The summed E-state index contributed by atoms with van der Waals surface area (Å²) in [4.78, 5) is 12.6. The lowest BCUT2D eigenvalue weighted by Crippen LogP contribution is -2.33. The van der Waals surface area contributed by atoms with Gasteiger partial charge in [0.05, 0.1) is 4.92 Å². The number of nitrogens with one attached hydrogen (secondary N) is 1. The molecule has 0 radical (unpaired) electrons. The molecule has 0 spiro atoms. The largest absolute Gasteiger partial charge is 0.309 e. The number of benzene rings is 1. The second kappa shape index (κ2) is 7.86. The molecule has 0 saturated heterocycles. The highest BCUT2D eigenvalue weighted by molar-refractivity contribution is 5.33. The number of nitro benzene ring substituents is 1. The van der Waals surface area contributed by atoms with Crippen LogP contribution >= 0.6 is 0 Å². The Bertz CT molecular complexity index is 388. The molecular weight excluding hydrogens is 242 g/mol. The van der Waals surface area contributed by atoms with Crippen LogP contribution in [0, 0.1) is 10.1 Å². The Balaban J connectivity index is 2.45. The van der Waals surface area contributed by atoms with E-state index in [1.165, 1.54) is 0 Å². The predicted octanol–water partition coefficient (Wildman–Crippen LogP) is 2.59. The second-order valence-corrected chi connectivity index (χ2v) is 4.55. The maximum Gasteiger partial charge on any atom is 0.269 e. The lowest BCUT2D eigenvalue weighted by Gasteiger charge is -2.20. The normalized spacial score (nSPS) is 12.6. The number of nitro groups is 1. The number of hydrogen-bond acceptors (Lipinski definition) is 4. The fraction of sp³-hybridized carbons (Fsp3) is 0.571. The molecule has 1 rings (SSSR count). The highest BCUT2D eigenvalue weighted by atomic mass is 16.6. The summed E-state index contributed by atoms with van der Waals surface area (Å²) in [6.07, 6.45) is 0. The molecule has 0 aliphatic rings. The molecule has 1 aromatic carbocycles. The highest BCUT2D eigenvalue weighted by Crippen LogP contribution is 2.17. The molecular formula is C14H23N3O2. The Morgan fingerprint density at radius 3 is 2.32 bits per heavy atom. The number of hydrogen-bond donors (Lipinski definition) is 1. The summed E-state index contributed by atoms with van der Waals surface area (Å²) in [7, 11) is 0. The van der Waals surface area contributed by atoms with E-state index >= 15 is 0 Å². The molecule has 0 heterocycles. The van der Waals surface area contributed by atoms with Gasteiger partial charge in [-0.1, -0.05) is 26.0 Å². The summed E-state index contributed by atoms with van der Waals surface area (Å²) in [5.41, 5.74) is 1.21. The van der Waals surface area contributed by atoms with Gasteiger partial charge in [0, 0.05) is 31.3 Å². The van der Waals surface area contributed by atoms with Crippen molar-refractivity contribution in [2.24, 2.45) is 0 Å². The minimum absolute atomic E-state index is 0.138. The molecule has 0 amide bonds. The van der Waals surface area contributed by atoms with Gasteiger partial charge in [-0.05, 0) is 25.6 Å². The van der Waals surface area contributed by atoms with Crippen molar-refractivity contribution in [1.82, 2.24) is 10.2 Å². The zero-order valence-electron chi connectivity index (χ0n) is 11.9. The summed E-state index contributed by atoms with van der Waals surface area (Å²) in [5.74, 6) is 0. The Kier molecular flexibility index (Phi) is 6.45. The van der Waals surface area contributed by atoms with Gasteiger partial charge in [0.1, 0.15) is 0 Å². The van der Waals surface area contributed by atoms with E-state index < -0.39 is 0 Å². The van der Waals surface area contributed by atoms with Crippen molar-refractivity contribution in [3.8, 4) is 0 Å². The molecule has 0 bridgehead atoms. The van der Waals surface area contributed by atoms with Crippen LogP contribution < -0.4 is 5.32 Å². The second-order valence-electron chi connectivity index (χ2n) is 4.55. The average Bonchev–Trinajstić information content (AvgIpc) is 2.43. The third kappa shape index (κ3) is 4.96. The van der Waals surface area contributed by atoms with Gasteiger partial charge >= 0.3 is 0 Å². The molecule has 0 aromatic heterocycles. The molecule has 1 unspecified atom stereocenters. The van der Waals surface area contributed by atoms with E-state index in [1.807, 2.05) is 12.1 Å². The van der Waals surface area contributed by atoms with Crippen LogP contribution in [0.25, 0.3) is 0 Å². The Morgan fingerprint density at radius 1 is 1.26 bits per heavy atom. The smallest absolute Gasteiger partial charge is 0.269 e. The van der Waals surface area contributed by atoms with E-state index in [9.17, 15) is 10.1 Å². The zero-order valence-corrected chi connectivity index (χ0v) is 11.9. The van der Waals surface area contributed by atoms with Crippen LogP contribution in [-0.2, 0) is 0 Å². The molecule has 5 nitrogen and oxygen atoms in total. The van der Waals surface area contributed by atoms with E-state index in [-0.39, 0.29) is 16.7 Å². The van der Waals surface area contributed by atoms with Gasteiger partial charge in [-0.25, -0.2) is 0 Å². The number of likely N-dealkylation sites (N-methyl/N-ethyl adjacent to an activating group) is 1. The first-order chi connectivity index (χ1) is 9.08. The SMILES string of the molecule is CCN(CC)CCNC(C)c1ccc([N+](=O)[O-])cc1. The van der Waals surface area contributed by atoms with Crippen LogP contribution in [0.2, 0.25) is 0 Å². The van der Waals surface area contributed by atoms with Crippen LogP contribution in [0.4, 0.5) is 5.69 Å². The van der Waals surface area contributed by atoms with Gasteiger partial charge in [-0.15, -0.1) is 0 Å². The first-order valence-corrected chi connectivity index (χ1v) is 6.78. The van der Waals surface area contributed by atoms with E-state index in [0.717, 1.165) is 31.7 Å². The monoisotopic (exact) mass is 265 g/mol. The third-order valence-electron chi connectivity index (χ3n) is 3.38. The molecule has 1 N–H and O–H groups in total. The maximum atomic E-state index is 10.6. The van der Waals surface area contributed by atoms with Crippen LogP contribution in [-0.4, -0.2) is 36.0 Å². The standard InChI is InChI=1S/C14H23N3O2/c1-4-16(5-2)11-10-15-12(3)13-6-8-14(9-7-13)17(18)19/h6-9,12,15H,4-5,10-11H2,1-3H3. The van der Waals surface area contributed by atoms with Crippen LogP contribution in [0.5, 0.6) is 0 Å². The van der Waals surface area contributed by atoms with Crippen molar-refractivity contribution in [2.75, 3.05) is 26.2 Å². The Morgan fingerprint density at radius 2 is 1.84 bits per heavy atom. The Labute approximate surface area is 114 Å². The zero-order chi connectivity index (χ0) is 14.3. The van der Waals surface area contributed by atoms with Gasteiger partial charge in [0.25, 0.3) is 5.69 Å². The first kappa shape index (κ1) is 15.6.